The van der Waals surface area contributed by atoms with Gasteiger partial charge in [-0.05, 0) is 68.1 Å². The molecule has 0 heterocycles. The molecule has 2 aromatic rings. The van der Waals surface area contributed by atoms with Gasteiger partial charge >= 0.3 is 0 Å². The first-order valence-corrected chi connectivity index (χ1v) is 8.18. The Labute approximate surface area is 142 Å². The standard InChI is InChI=1S/C20H24FNO2/c1-14-4-10-19(12-15(14)2)24-13-16(3)22-20(23)11-7-17-5-8-18(21)9-6-17/h4-6,8-10,12,16H,7,11,13H2,1-3H3,(H,22,23)/t16-/m1/s1. The zero-order valence-electron chi connectivity index (χ0n) is 14.4. The highest BCUT2D eigenvalue weighted by Crippen LogP contribution is 2.16. The van der Waals surface area contributed by atoms with E-state index in [1.807, 2.05) is 32.0 Å². The summed E-state index contributed by atoms with van der Waals surface area (Å²) in [5.41, 5.74) is 3.36. The lowest BCUT2D eigenvalue weighted by atomic mass is 10.1. The van der Waals surface area contributed by atoms with Crippen molar-refractivity contribution in [2.45, 2.75) is 39.7 Å². The smallest absolute Gasteiger partial charge is 0.220 e. The summed E-state index contributed by atoms with van der Waals surface area (Å²) < 4.78 is 18.6. The SMILES string of the molecule is Cc1ccc(OC[C@@H](C)NC(=O)CCc2ccc(F)cc2)cc1C. The van der Waals surface area contributed by atoms with Crippen LogP contribution in [0, 0.1) is 19.7 Å². The van der Waals surface area contributed by atoms with Crippen molar-refractivity contribution in [2.75, 3.05) is 6.61 Å². The molecule has 1 atom stereocenters. The maximum atomic E-state index is 12.8. The van der Waals surface area contributed by atoms with Crippen LogP contribution >= 0.6 is 0 Å². The van der Waals surface area contributed by atoms with Crippen LogP contribution in [-0.4, -0.2) is 18.6 Å². The van der Waals surface area contributed by atoms with Gasteiger partial charge in [0.25, 0.3) is 0 Å². The number of benzene rings is 2. The predicted octanol–water partition coefficient (Wildman–Crippen LogP) is 3.96. The van der Waals surface area contributed by atoms with Crippen LogP contribution < -0.4 is 10.1 Å². The Bertz CT molecular complexity index is 683. The van der Waals surface area contributed by atoms with E-state index in [0.29, 0.717) is 19.4 Å². The minimum absolute atomic E-state index is 0.0319. The van der Waals surface area contributed by atoms with Crippen LogP contribution in [0.2, 0.25) is 0 Å². The summed E-state index contributed by atoms with van der Waals surface area (Å²) in [7, 11) is 0. The van der Waals surface area contributed by atoms with E-state index in [1.165, 1.54) is 23.3 Å². The highest BCUT2D eigenvalue weighted by Gasteiger charge is 2.09. The fourth-order valence-corrected chi connectivity index (χ4v) is 2.32. The molecule has 0 saturated carbocycles. The topological polar surface area (TPSA) is 38.3 Å². The number of aryl methyl sites for hydroxylation is 3. The third-order valence-electron chi connectivity index (χ3n) is 3.94. The van der Waals surface area contributed by atoms with Crippen molar-refractivity contribution in [3.63, 3.8) is 0 Å². The summed E-state index contributed by atoms with van der Waals surface area (Å²) in [6.07, 6.45) is 0.969. The molecule has 1 amide bonds. The van der Waals surface area contributed by atoms with Gasteiger partial charge in [0.15, 0.2) is 0 Å². The molecular weight excluding hydrogens is 305 g/mol. The van der Waals surface area contributed by atoms with Crippen LogP contribution in [0.4, 0.5) is 4.39 Å². The van der Waals surface area contributed by atoms with Gasteiger partial charge in [0.2, 0.25) is 5.91 Å². The lowest BCUT2D eigenvalue weighted by molar-refractivity contribution is -0.121. The van der Waals surface area contributed by atoms with E-state index in [-0.39, 0.29) is 17.8 Å². The quantitative estimate of drug-likeness (QED) is 0.835. The molecule has 1 N–H and O–H groups in total. The normalized spacial score (nSPS) is 11.8. The molecule has 0 bridgehead atoms. The molecule has 2 aromatic carbocycles. The molecule has 0 radical (unpaired) electrons. The Morgan fingerprint density at radius 3 is 2.50 bits per heavy atom. The van der Waals surface area contributed by atoms with E-state index in [9.17, 15) is 9.18 Å². The maximum absolute atomic E-state index is 12.8. The molecule has 2 rings (SSSR count). The van der Waals surface area contributed by atoms with Gasteiger partial charge in [0.1, 0.15) is 18.2 Å². The monoisotopic (exact) mass is 329 g/mol. The van der Waals surface area contributed by atoms with Crippen molar-refractivity contribution < 1.29 is 13.9 Å². The fourth-order valence-electron chi connectivity index (χ4n) is 2.32. The second-order valence-corrected chi connectivity index (χ2v) is 6.15. The average Bonchev–Trinajstić information content (AvgIpc) is 2.55. The summed E-state index contributed by atoms with van der Waals surface area (Å²) in [6, 6.07) is 12.1. The van der Waals surface area contributed by atoms with Gasteiger partial charge < -0.3 is 10.1 Å². The molecule has 0 saturated heterocycles. The molecule has 4 heteroatoms. The summed E-state index contributed by atoms with van der Waals surface area (Å²) in [5, 5.41) is 2.92. The van der Waals surface area contributed by atoms with Crippen LogP contribution in [0.1, 0.15) is 30.0 Å². The molecule has 0 fully saturated rings. The number of rotatable bonds is 7. The van der Waals surface area contributed by atoms with Gasteiger partial charge in [0, 0.05) is 6.42 Å². The van der Waals surface area contributed by atoms with Crippen molar-refractivity contribution in [2.24, 2.45) is 0 Å². The Morgan fingerprint density at radius 2 is 1.83 bits per heavy atom. The van der Waals surface area contributed by atoms with Gasteiger partial charge in [-0.3, -0.25) is 4.79 Å². The first-order chi connectivity index (χ1) is 11.4. The second-order valence-electron chi connectivity index (χ2n) is 6.15. The molecular formula is C20H24FNO2. The van der Waals surface area contributed by atoms with Crippen molar-refractivity contribution in [1.29, 1.82) is 0 Å². The Hall–Kier alpha value is -2.36. The third kappa shape index (κ3) is 5.69. The molecule has 0 aliphatic rings. The van der Waals surface area contributed by atoms with E-state index >= 15 is 0 Å². The average molecular weight is 329 g/mol. The van der Waals surface area contributed by atoms with Crippen LogP contribution in [0.15, 0.2) is 42.5 Å². The maximum Gasteiger partial charge on any atom is 0.220 e. The number of carbonyl (C=O) groups is 1. The lowest BCUT2D eigenvalue weighted by Crippen LogP contribution is -2.36. The van der Waals surface area contributed by atoms with Crippen LogP contribution in [0.25, 0.3) is 0 Å². The zero-order valence-corrected chi connectivity index (χ0v) is 14.4. The Balaban J connectivity index is 1.72. The van der Waals surface area contributed by atoms with Crippen molar-refractivity contribution >= 4 is 5.91 Å². The van der Waals surface area contributed by atoms with Crippen molar-refractivity contribution in [1.82, 2.24) is 5.32 Å². The van der Waals surface area contributed by atoms with E-state index in [0.717, 1.165) is 11.3 Å². The number of halogens is 1. The van der Waals surface area contributed by atoms with Gasteiger partial charge in [-0.15, -0.1) is 0 Å². The number of ether oxygens (including phenoxy) is 1. The fraction of sp³-hybridized carbons (Fsp3) is 0.350. The second kappa shape index (κ2) is 8.48. The molecule has 0 aliphatic heterocycles. The Morgan fingerprint density at radius 1 is 1.12 bits per heavy atom. The molecule has 0 aliphatic carbocycles. The van der Waals surface area contributed by atoms with Gasteiger partial charge in [-0.1, -0.05) is 18.2 Å². The lowest BCUT2D eigenvalue weighted by Gasteiger charge is -2.15. The van der Waals surface area contributed by atoms with Gasteiger partial charge in [0.05, 0.1) is 6.04 Å². The van der Waals surface area contributed by atoms with E-state index < -0.39 is 0 Å². The van der Waals surface area contributed by atoms with E-state index in [2.05, 4.69) is 12.2 Å². The first kappa shape index (κ1) is 18.0. The highest BCUT2D eigenvalue weighted by molar-refractivity contribution is 5.76. The summed E-state index contributed by atoms with van der Waals surface area (Å²) in [6.45, 7) is 6.44. The number of amides is 1. The van der Waals surface area contributed by atoms with E-state index in [1.54, 1.807) is 12.1 Å². The highest BCUT2D eigenvalue weighted by atomic mass is 19.1. The first-order valence-electron chi connectivity index (χ1n) is 8.18. The van der Waals surface area contributed by atoms with Crippen LogP contribution in [0.5, 0.6) is 5.75 Å². The molecule has 0 unspecified atom stereocenters. The molecule has 24 heavy (non-hydrogen) atoms. The van der Waals surface area contributed by atoms with Crippen LogP contribution in [0.3, 0.4) is 0 Å². The van der Waals surface area contributed by atoms with Crippen molar-refractivity contribution in [3.8, 4) is 5.75 Å². The minimum Gasteiger partial charge on any atom is -0.491 e. The van der Waals surface area contributed by atoms with E-state index in [4.69, 9.17) is 4.74 Å². The van der Waals surface area contributed by atoms with Gasteiger partial charge in [-0.2, -0.15) is 0 Å². The third-order valence-corrected chi connectivity index (χ3v) is 3.94. The minimum atomic E-state index is -0.264. The predicted molar refractivity (Wildman–Crippen MR) is 93.7 cm³/mol. The van der Waals surface area contributed by atoms with Gasteiger partial charge in [-0.25, -0.2) is 4.39 Å². The summed E-state index contributed by atoms with van der Waals surface area (Å²) >= 11 is 0. The number of hydrogen-bond donors (Lipinski definition) is 1. The summed E-state index contributed by atoms with van der Waals surface area (Å²) in [4.78, 5) is 12.0. The van der Waals surface area contributed by atoms with Crippen molar-refractivity contribution in [3.05, 3.63) is 65.0 Å². The van der Waals surface area contributed by atoms with Crippen LogP contribution in [-0.2, 0) is 11.2 Å². The number of nitrogens with one attached hydrogen (secondary N) is 1. The summed E-state index contributed by atoms with van der Waals surface area (Å²) in [5.74, 6) is 0.515. The molecule has 128 valence electrons. The number of hydrogen-bond acceptors (Lipinski definition) is 2. The molecule has 0 aromatic heterocycles. The molecule has 0 spiro atoms. The number of carbonyl (C=O) groups excluding carboxylic acids is 1. The zero-order chi connectivity index (χ0) is 17.5. The molecule has 3 nitrogen and oxygen atoms in total. The Kier molecular flexibility index (Phi) is 6.36. The largest absolute Gasteiger partial charge is 0.491 e.